The van der Waals surface area contributed by atoms with Gasteiger partial charge >= 0.3 is 0 Å². The molecule has 0 bridgehead atoms. The molecular formula is C21H20N2O2S. The molecule has 0 saturated heterocycles. The maximum absolute atomic E-state index is 12.7. The summed E-state index contributed by atoms with van der Waals surface area (Å²) in [6.07, 6.45) is 1.70. The molecule has 1 N–H and O–H groups in total. The van der Waals surface area contributed by atoms with Gasteiger partial charge in [-0.25, -0.2) is 4.98 Å². The second kappa shape index (κ2) is 8.54. The molecule has 0 saturated carbocycles. The Labute approximate surface area is 157 Å². The lowest BCUT2D eigenvalue weighted by molar-refractivity contribution is 0.0947. The van der Waals surface area contributed by atoms with Crippen LogP contribution < -0.4 is 10.1 Å². The molecule has 5 heteroatoms. The number of methoxy groups -OCH3 is 1. The average Bonchev–Trinajstić information content (AvgIpc) is 2.68. The molecule has 0 aliphatic carbocycles. The van der Waals surface area contributed by atoms with Crippen molar-refractivity contribution in [2.24, 2.45) is 0 Å². The van der Waals surface area contributed by atoms with Crippen LogP contribution in [-0.2, 0) is 6.54 Å². The highest BCUT2D eigenvalue weighted by molar-refractivity contribution is 7.99. The van der Waals surface area contributed by atoms with E-state index in [1.807, 2.05) is 55.5 Å². The highest BCUT2D eigenvalue weighted by Gasteiger charge is 2.14. The molecule has 0 aliphatic rings. The molecule has 0 spiro atoms. The largest absolute Gasteiger partial charge is 0.496 e. The molecule has 26 heavy (non-hydrogen) atoms. The van der Waals surface area contributed by atoms with Crippen molar-refractivity contribution in [2.75, 3.05) is 7.11 Å². The van der Waals surface area contributed by atoms with Crippen molar-refractivity contribution in [1.82, 2.24) is 10.3 Å². The van der Waals surface area contributed by atoms with Crippen LogP contribution in [-0.4, -0.2) is 18.0 Å². The van der Waals surface area contributed by atoms with Gasteiger partial charge in [0.05, 0.1) is 12.7 Å². The monoisotopic (exact) mass is 364 g/mol. The number of carbonyl (C=O) groups excluding carboxylic acids is 1. The van der Waals surface area contributed by atoms with Crippen molar-refractivity contribution in [2.45, 2.75) is 23.4 Å². The van der Waals surface area contributed by atoms with E-state index in [4.69, 9.17) is 4.74 Å². The minimum Gasteiger partial charge on any atom is -0.496 e. The van der Waals surface area contributed by atoms with Crippen LogP contribution in [0.3, 0.4) is 0 Å². The minimum absolute atomic E-state index is 0.154. The summed E-state index contributed by atoms with van der Waals surface area (Å²) in [7, 11) is 1.62. The highest BCUT2D eigenvalue weighted by atomic mass is 32.2. The number of ether oxygens (including phenoxy) is 1. The maximum Gasteiger partial charge on any atom is 0.254 e. The zero-order valence-electron chi connectivity index (χ0n) is 14.7. The normalized spacial score (nSPS) is 10.4. The number of hydrogen-bond acceptors (Lipinski definition) is 4. The first kappa shape index (κ1) is 18.0. The molecule has 132 valence electrons. The van der Waals surface area contributed by atoms with Crippen molar-refractivity contribution in [3.63, 3.8) is 0 Å². The first-order chi connectivity index (χ1) is 12.7. The molecule has 3 aromatic rings. The van der Waals surface area contributed by atoms with Crippen LogP contribution >= 0.6 is 11.8 Å². The lowest BCUT2D eigenvalue weighted by atomic mass is 10.2. The molecule has 1 heterocycles. The number of nitrogens with one attached hydrogen (secondary N) is 1. The van der Waals surface area contributed by atoms with Crippen LogP contribution in [0.4, 0.5) is 0 Å². The Morgan fingerprint density at radius 3 is 2.62 bits per heavy atom. The molecule has 1 amide bonds. The first-order valence-corrected chi connectivity index (χ1v) is 9.08. The smallest absolute Gasteiger partial charge is 0.254 e. The fraction of sp³-hybridized carbons (Fsp3) is 0.143. The van der Waals surface area contributed by atoms with Crippen molar-refractivity contribution >= 4 is 17.7 Å². The van der Waals surface area contributed by atoms with E-state index in [0.717, 1.165) is 16.2 Å². The van der Waals surface area contributed by atoms with Gasteiger partial charge in [-0.05, 0) is 37.3 Å². The Balaban J connectivity index is 1.74. The van der Waals surface area contributed by atoms with E-state index < -0.39 is 0 Å². The number of hydrogen-bond donors (Lipinski definition) is 1. The van der Waals surface area contributed by atoms with E-state index in [2.05, 4.69) is 10.3 Å². The van der Waals surface area contributed by atoms with E-state index in [-0.39, 0.29) is 5.91 Å². The van der Waals surface area contributed by atoms with Crippen LogP contribution in [0.1, 0.15) is 21.5 Å². The van der Waals surface area contributed by atoms with E-state index in [0.29, 0.717) is 17.1 Å². The van der Waals surface area contributed by atoms with Gasteiger partial charge in [0.1, 0.15) is 10.8 Å². The van der Waals surface area contributed by atoms with Crippen molar-refractivity contribution in [3.05, 3.63) is 83.6 Å². The molecule has 1 aromatic heterocycles. The van der Waals surface area contributed by atoms with Gasteiger partial charge in [-0.2, -0.15) is 0 Å². The molecular weight excluding hydrogens is 344 g/mol. The van der Waals surface area contributed by atoms with Crippen molar-refractivity contribution in [3.8, 4) is 5.75 Å². The molecule has 0 unspecified atom stereocenters. The third kappa shape index (κ3) is 4.43. The zero-order chi connectivity index (χ0) is 18.4. The summed E-state index contributed by atoms with van der Waals surface area (Å²) in [5.74, 6) is 0.604. The second-order valence-corrected chi connectivity index (χ2v) is 6.83. The van der Waals surface area contributed by atoms with Crippen molar-refractivity contribution in [1.29, 1.82) is 0 Å². The van der Waals surface area contributed by atoms with Crippen LogP contribution in [0.5, 0.6) is 5.75 Å². The zero-order valence-corrected chi connectivity index (χ0v) is 15.5. The number of carbonyl (C=O) groups is 1. The van der Waals surface area contributed by atoms with Gasteiger partial charge in [0.15, 0.2) is 0 Å². The number of nitrogens with zero attached hydrogens (tertiary/aromatic N) is 1. The summed E-state index contributed by atoms with van der Waals surface area (Å²) in [6, 6.07) is 19.4. The number of amides is 1. The Morgan fingerprint density at radius 1 is 1.08 bits per heavy atom. The van der Waals surface area contributed by atoms with Crippen LogP contribution in [0.25, 0.3) is 0 Å². The number of para-hydroxylation sites is 1. The number of rotatable bonds is 6. The highest BCUT2D eigenvalue weighted by Crippen LogP contribution is 2.29. The number of pyridine rings is 1. The lowest BCUT2D eigenvalue weighted by Crippen LogP contribution is -2.23. The third-order valence-electron chi connectivity index (χ3n) is 3.88. The molecule has 0 aliphatic heterocycles. The molecule has 3 rings (SSSR count). The fourth-order valence-corrected chi connectivity index (χ4v) is 3.36. The van der Waals surface area contributed by atoms with Gasteiger partial charge in [0.2, 0.25) is 0 Å². The average molecular weight is 364 g/mol. The quantitative estimate of drug-likeness (QED) is 0.701. The third-order valence-corrected chi connectivity index (χ3v) is 4.91. The van der Waals surface area contributed by atoms with Gasteiger partial charge in [-0.1, -0.05) is 47.7 Å². The number of aryl methyl sites for hydroxylation is 1. The van der Waals surface area contributed by atoms with Gasteiger partial charge in [0.25, 0.3) is 5.91 Å². The Bertz CT molecular complexity index is 895. The summed E-state index contributed by atoms with van der Waals surface area (Å²) >= 11 is 1.48. The molecule has 0 fully saturated rings. The topological polar surface area (TPSA) is 51.2 Å². The predicted octanol–water partition coefficient (Wildman–Crippen LogP) is 4.48. The summed E-state index contributed by atoms with van der Waals surface area (Å²) < 4.78 is 5.33. The van der Waals surface area contributed by atoms with Gasteiger partial charge in [-0.3, -0.25) is 4.79 Å². The van der Waals surface area contributed by atoms with E-state index in [1.165, 1.54) is 17.3 Å². The first-order valence-electron chi connectivity index (χ1n) is 8.27. The van der Waals surface area contributed by atoms with Crippen molar-refractivity contribution < 1.29 is 9.53 Å². The van der Waals surface area contributed by atoms with E-state index >= 15 is 0 Å². The maximum atomic E-state index is 12.7. The van der Waals surface area contributed by atoms with Gasteiger partial charge in [0, 0.05) is 23.2 Å². The molecule has 0 atom stereocenters. The number of aromatic nitrogens is 1. The SMILES string of the molecule is COc1ccccc1CNC(=O)c1cccnc1Sc1ccc(C)cc1. The summed E-state index contributed by atoms with van der Waals surface area (Å²) in [4.78, 5) is 18.1. The predicted molar refractivity (Wildman–Crippen MR) is 104 cm³/mol. The van der Waals surface area contributed by atoms with Crippen LogP contribution in [0, 0.1) is 6.92 Å². The van der Waals surface area contributed by atoms with Gasteiger partial charge < -0.3 is 10.1 Å². The Morgan fingerprint density at radius 2 is 1.85 bits per heavy atom. The lowest BCUT2D eigenvalue weighted by Gasteiger charge is -2.11. The second-order valence-electron chi connectivity index (χ2n) is 5.77. The summed E-state index contributed by atoms with van der Waals surface area (Å²) in [5.41, 5.74) is 2.69. The standard InChI is InChI=1S/C21H20N2O2S/c1-15-9-11-17(12-10-15)26-21-18(7-5-13-22-21)20(24)23-14-16-6-3-4-8-19(16)25-2/h3-13H,14H2,1-2H3,(H,23,24). The Kier molecular flexibility index (Phi) is 5.92. The fourth-order valence-electron chi connectivity index (χ4n) is 2.48. The molecule has 2 aromatic carbocycles. The van der Waals surface area contributed by atoms with E-state index in [9.17, 15) is 4.79 Å². The van der Waals surface area contributed by atoms with Crippen LogP contribution in [0.2, 0.25) is 0 Å². The minimum atomic E-state index is -0.154. The molecule has 0 radical (unpaired) electrons. The van der Waals surface area contributed by atoms with Crippen LogP contribution in [0.15, 0.2) is 76.8 Å². The Hall–Kier alpha value is -2.79. The summed E-state index contributed by atoms with van der Waals surface area (Å²) in [6.45, 7) is 2.44. The van der Waals surface area contributed by atoms with E-state index in [1.54, 1.807) is 25.4 Å². The molecule has 4 nitrogen and oxygen atoms in total. The number of benzene rings is 2. The van der Waals surface area contributed by atoms with Gasteiger partial charge in [-0.15, -0.1) is 0 Å². The summed E-state index contributed by atoms with van der Waals surface area (Å²) in [5, 5.41) is 3.64.